The van der Waals surface area contributed by atoms with Gasteiger partial charge in [0.25, 0.3) is 0 Å². The zero-order valence-corrected chi connectivity index (χ0v) is 16.3. The van der Waals surface area contributed by atoms with Crippen LogP contribution < -0.4 is 10.6 Å². The first-order chi connectivity index (χ1) is 12.2. The summed E-state index contributed by atoms with van der Waals surface area (Å²) in [5.74, 6) is 0.381. The van der Waals surface area contributed by atoms with Crippen LogP contribution in [0.15, 0.2) is 22.5 Å². The van der Waals surface area contributed by atoms with Crippen LogP contribution in [0.2, 0.25) is 0 Å². The van der Waals surface area contributed by atoms with Crippen molar-refractivity contribution in [3.05, 3.63) is 34.9 Å². The van der Waals surface area contributed by atoms with Gasteiger partial charge < -0.3 is 10.6 Å². The molecule has 0 saturated carbocycles. The number of benzene rings is 1. The van der Waals surface area contributed by atoms with E-state index < -0.39 is 0 Å². The molecule has 1 aliphatic carbocycles. The number of nitrogens with one attached hydrogen (secondary N) is 2. The van der Waals surface area contributed by atoms with Gasteiger partial charge >= 0.3 is 0 Å². The molecule has 134 valence electrons. The van der Waals surface area contributed by atoms with Gasteiger partial charge in [0.2, 0.25) is 11.0 Å². The van der Waals surface area contributed by atoms with Crippen LogP contribution in [0.1, 0.15) is 49.4 Å². The normalized spacial score (nSPS) is 14.6. The van der Waals surface area contributed by atoms with E-state index in [0.717, 1.165) is 22.4 Å². The van der Waals surface area contributed by atoms with Crippen LogP contribution in [0.25, 0.3) is 0 Å². The Bertz CT molecular complexity index is 732. The lowest BCUT2D eigenvalue weighted by Crippen LogP contribution is -2.28. The van der Waals surface area contributed by atoms with Gasteiger partial charge in [0.1, 0.15) is 0 Å². The van der Waals surface area contributed by atoms with Gasteiger partial charge in [-0.3, -0.25) is 4.79 Å². The van der Waals surface area contributed by atoms with Crippen molar-refractivity contribution in [3.8, 4) is 0 Å². The predicted molar refractivity (Wildman–Crippen MR) is 104 cm³/mol. The van der Waals surface area contributed by atoms with Crippen LogP contribution in [-0.2, 0) is 17.6 Å². The van der Waals surface area contributed by atoms with E-state index in [1.807, 2.05) is 13.8 Å². The van der Waals surface area contributed by atoms with Crippen molar-refractivity contribution in [3.63, 3.8) is 0 Å². The van der Waals surface area contributed by atoms with Gasteiger partial charge in [0.05, 0.1) is 11.8 Å². The molecule has 1 heterocycles. The molecule has 3 rings (SSSR count). The Labute approximate surface area is 157 Å². The first kappa shape index (κ1) is 18.2. The van der Waals surface area contributed by atoms with Crippen LogP contribution in [0.5, 0.6) is 0 Å². The summed E-state index contributed by atoms with van der Waals surface area (Å²) < 4.78 is 0.813. The molecule has 0 spiro atoms. The van der Waals surface area contributed by atoms with E-state index in [1.54, 1.807) is 0 Å². The predicted octanol–water partition coefficient (Wildman–Crippen LogP) is 3.82. The van der Waals surface area contributed by atoms with Crippen LogP contribution in [0.4, 0.5) is 5.13 Å². The molecule has 1 amide bonds. The molecule has 0 bridgehead atoms. The second kappa shape index (κ2) is 8.67. The third kappa shape index (κ3) is 4.95. The molecule has 0 fully saturated rings. The Balaban J connectivity index is 1.51. The summed E-state index contributed by atoms with van der Waals surface area (Å²) in [5, 5.41) is 15.1. The molecule has 0 saturated heterocycles. The summed E-state index contributed by atoms with van der Waals surface area (Å²) in [6.45, 7) is 4.88. The fourth-order valence-electron chi connectivity index (χ4n) is 3.01. The summed E-state index contributed by atoms with van der Waals surface area (Å²) in [4.78, 5) is 12.2. The highest BCUT2D eigenvalue weighted by molar-refractivity contribution is 8.01. The highest BCUT2D eigenvalue weighted by atomic mass is 32.2. The summed E-state index contributed by atoms with van der Waals surface area (Å²) in [6, 6.07) is 6.66. The Morgan fingerprint density at radius 1 is 1.28 bits per heavy atom. The van der Waals surface area contributed by atoms with Crippen LogP contribution in [0.3, 0.4) is 0 Å². The topological polar surface area (TPSA) is 66.9 Å². The van der Waals surface area contributed by atoms with E-state index in [-0.39, 0.29) is 11.9 Å². The molecular weight excluding hydrogens is 352 g/mol. The number of anilines is 1. The highest BCUT2D eigenvalue weighted by Crippen LogP contribution is 2.26. The minimum Gasteiger partial charge on any atom is -0.360 e. The molecule has 1 aromatic carbocycles. The van der Waals surface area contributed by atoms with Gasteiger partial charge in [-0.15, -0.1) is 10.2 Å². The molecule has 5 nitrogen and oxygen atoms in total. The second-order valence-electron chi connectivity index (χ2n) is 6.22. The third-order valence-corrected chi connectivity index (χ3v) is 6.33. The largest absolute Gasteiger partial charge is 0.360 e. The minimum atomic E-state index is 0.0204. The molecule has 7 heteroatoms. The number of carbonyl (C=O) groups is 1. The number of rotatable bonds is 7. The number of nitrogens with zero attached hydrogens (tertiary/aromatic N) is 2. The van der Waals surface area contributed by atoms with Crippen molar-refractivity contribution in [2.45, 2.75) is 49.9 Å². The molecule has 0 unspecified atom stereocenters. The standard InChI is InChI=1S/C18H24N4OS2/c1-3-19-17-21-22-18(25-17)24-11-16(23)20-12(2)14-9-8-13-6-4-5-7-15(13)10-14/h8-10,12H,3-7,11H2,1-2H3,(H,19,21)(H,20,23)/t12-/m1/s1. The van der Waals surface area contributed by atoms with Gasteiger partial charge in [-0.2, -0.15) is 0 Å². The number of fused-ring (bicyclic) bond motifs is 1. The number of hydrogen-bond acceptors (Lipinski definition) is 6. The maximum atomic E-state index is 12.2. The van der Waals surface area contributed by atoms with E-state index in [9.17, 15) is 4.79 Å². The quantitative estimate of drug-likeness (QED) is 0.719. The van der Waals surface area contributed by atoms with Gasteiger partial charge in [-0.25, -0.2) is 0 Å². The fraction of sp³-hybridized carbons (Fsp3) is 0.500. The molecule has 1 aromatic heterocycles. The van der Waals surface area contributed by atoms with Crippen molar-refractivity contribution in [1.29, 1.82) is 0 Å². The first-order valence-electron chi connectivity index (χ1n) is 8.77. The van der Waals surface area contributed by atoms with Crippen LogP contribution in [0, 0.1) is 0 Å². The van der Waals surface area contributed by atoms with Gasteiger partial charge in [0, 0.05) is 6.54 Å². The van der Waals surface area contributed by atoms with E-state index in [4.69, 9.17) is 0 Å². The molecule has 1 atom stereocenters. The lowest BCUT2D eigenvalue weighted by molar-refractivity contribution is -0.119. The Hall–Kier alpha value is -1.60. The average molecular weight is 377 g/mol. The second-order valence-corrected chi connectivity index (χ2v) is 8.42. The van der Waals surface area contributed by atoms with Gasteiger partial charge in [-0.1, -0.05) is 41.3 Å². The Kier molecular flexibility index (Phi) is 6.31. The van der Waals surface area contributed by atoms with E-state index in [0.29, 0.717) is 5.75 Å². The first-order valence-corrected chi connectivity index (χ1v) is 10.6. The van der Waals surface area contributed by atoms with Crippen LogP contribution >= 0.6 is 23.1 Å². The number of carbonyl (C=O) groups excluding carboxylic acids is 1. The SMILES string of the molecule is CCNc1nnc(SCC(=O)N[C@H](C)c2ccc3c(c2)CCCC3)s1. The lowest BCUT2D eigenvalue weighted by atomic mass is 9.89. The number of aryl methyl sites for hydroxylation is 2. The van der Waals surface area contributed by atoms with Crippen molar-refractivity contribution in [1.82, 2.24) is 15.5 Å². The van der Waals surface area contributed by atoms with Crippen molar-refractivity contribution < 1.29 is 4.79 Å². The molecule has 2 aromatic rings. The summed E-state index contributed by atoms with van der Waals surface area (Å²) in [5.41, 5.74) is 4.10. The molecule has 0 radical (unpaired) electrons. The summed E-state index contributed by atoms with van der Waals surface area (Å²) >= 11 is 2.91. The number of amides is 1. The zero-order chi connectivity index (χ0) is 17.6. The molecule has 2 N–H and O–H groups in total. The molecular formula is C18H24N4OS2. The fourth-order valence-corrected chi connectivity index (χ4v) is 4.64. The molecule has 0 aliphatic heterocycles. The lowest BCUT2D eigenvalue weighted by Gasteiger charge is -2.20. The van der Waals surface area contributed by atoms with Gasteiger partial charge in [-0.05, 0) is 56.2 Å². The molecule has 1 aliphatic rings. The van der Waals surface area contributed by atoms with Crippen molar-refractivity contribution >= 4 is 34.1 Å². The Morgan fingerprint density at radius 2 is 2.08 bits per heavy atom. The smallest absolute Gasteiger partial charge is 0.230 e. The molecule has 25 heavy (non-hydrogen) atoms. The van der Waals surface area contributed by atoms with Crippen LogP contribution in [-0.4, -0.2) is 28.4 Å². The number of aromatic nitrogens is 2. The third-order valence-electron chi connectivity index (χ3n) is 4.31. The zero-order valence-electron chi connectivity index (χ0n) is 14.7. The average Bonchev–Trinajstić information content (AvgIpc) is 3.07. The number of hydrogen-bond donors (Lipinski definition) is 2. The van der Waals surface area contributed by atoms with Crippen molar-refractivity contribution in [2.75, 3.05) is 17.6 Å². The maximum absolute atomic E-state index is 12.2. The Morgan fingerprint density at radius 3 is 2.88 bits per heavy atom. The number of thioether (sulfide) groups is 1. The minimum absolute atomic E-state index is 0.0204. The van der Waals surface area contributed by atoms with Crippen molar-refractivity contribution in [2.24, 2.45) is 0 Å². The maximum Gasteiger partial charge on any atom is 0.230 e. The van der Waals surface area contributed by atoms with E-state index in [2.05, 4.69) is 39.0 Å². The van der Waals surface area contributed by atoms with Gasteiger partial charge in [0.15, 0.2) is 4.34 Å². The summed E-state index contributed by atoms with van der Waals surface area (Å²) in [7, 11) is 0. The van der Waals surface area contributed by atoms with E-state index >= 15 is 0 Å². The highest BCUT2D eigenvalue weighted by Gasteiger charge is 2.15. The summed E-state index contributed by atoms with van der Waals surface area (Å²) in [6.07, 6.45) is 4.90. The monoisotopic (exact) mass is 376 g/mol. The van der Waals surface area contributed by atoms with E-state index in [1.165, 1.54) is 59.1 Å².